The second-order valence-electron chi connectivity index (χ2n) is 4.49. The van der Waals surface area contributed by atoms with E-state index in [-0.39, 0.29) is 12.6 Å². The third kappa shape index (κ3) is 4.68. The molecule has 4 nitrogen and oxygen atoms in total. The zero-order valence-corrected chi connectivity index (χ0v) is 11.7. The molecule has 0 saturated heterocycles. The Hall–Kier alpha value is -2.77. The zero-order chi connectivity index (χ0) is 15.1. The molecule has 0 heterocycles. The highest BCUT2D eigenvalue weighted by molar-refractivity contribution is 5.99. The predicted octanol–water partition coefficient (Wildman–Crippen LogP) is 2.98. The van der Waals surface area contributed by atoms with Gasteiger partial charge < -0.3 is 15.7 Å². The minimum atomic E-state index is -0.312. The van der Waals surface area contributed by atoms with Crippen LogP contribution >= 0.6 is 0 Å². The molecular formula is C17H16N2O2. The van der Waals surface area contributed by atoms with Crippen LogP contribution in [0.4, 0.5) is 16.2 Å². The summed E-state index contributed by atoms with van der Waals surface area (Å²) < 4.78 is 0. The molecule has 2 amide bonds. The fourth-order valence-electron chi connectivity index (χ4n) is 1.83. The minimum Gasteiger partial charge on any atom is -0.384 e. The average Bonchev–Trinajstić information content (AvgIpc) is 2.45. The predicted molar refractivity (Wildman–Crippen MR) is 84.2 cm³/mol. The Morgan fingerprint density at radius 2 is 1.76 bits per heavy atom. The number of rotatable bonds is 2. The lowest BCUT2D eigenvalue weighted by atomic mass is 10.2. The van der Waals surface area contributed by atoms with Gasteiger partial charge in [-0.05, 0) is 42.8 Å². The number of benzene rings is 2. The van der Waals surface area contributed by atoms with Crippen LogP contribution in [0.15, 0.2) is 48.5 Å². The molecule has 0 aliphatic heterocycles. The fourth-order valence-corrected chi connectivity index (χ4v) is 1.83. The van der Waals surface area contributed by atoms with Crippen LogP contribution in [0.5, 0.6) is 0 Å². The minimum absolute atomic E-state index is 0.189. The molecule has 0 radical (unpaired) electrons. The monoisotopic (exact) mass is 280 g/mol. The molecule has 0 aromatic heterocycles. The van der Waals surface area contributed by atoms with Gasteiger partial charge in [0.2, 0.25) is 0 Å². The Kier molecular flexibility index (Phi) is 4.97. The second kappa shape index (κ2) is 7.13. The number of carbonyl (C=O) groups is 1. The van der Waals surface area contributed by atoms with Gasteiger partial charge in [-0.2, -0.15) is 0 Å². The first-order valence-corrected chi connectivity index (χ1v) is 6.52. The molecule has 0 aliphatic carbocycles. The van der Waals surface area contributed by atoms with Crippen LogP contribution in [0.1, 0.15) is 11.1 Å². The SMILES string of the molecule is Cc1cccc(NC(=O)Nc2cccc(C#CCO)c2)c1. The van der Waals surface area contributed by atoms with Gasteiger partial charge in [-0.25, -0.2) is 4.79 Å². The molecular weight excluding hydrogens is 264 g/mol. The first-order chi connectivity index (χ1) is 10.2. The van der Waals surface area contributed by atoms with E-state index in [1.165, 1.54) is 0 Å². The van der Waals surface area contributed by atoms with E-state index in [4.69, 9.17) is 5.11 Å². The van der Waals surface area contributed by atoms with Crippen molar-refractivity contribution in [3.05, 3.63) is 59.7 Å². The molecule has 0 bridgehead atoms. The molecule has 0 fully saturated rings. The van der Waals surface area contributed by atoms with Crippen LogP contribution < -0.4 is 10.6 Å². The molecule has 2 aromatic rings. The summed E-state index contributed by atoms with van der Waals surface area (Å²) in [5, 5.41) is 14.2. The van der Waals surface area contributed by atoms with Gasteiger partial charge in [0, 0.05) is 16.9 Å². The van der Waals surface area contributed by atoms with Crippen LogP contribution in [0.25, 0.3) is 0 Å². The van der Waals surface area contributed by atoms with Gasteiger partial charge in [0.05, 0.1) is 0 Å². The topological polar surface area (TPSA) is 61.4 Å². The van der Waals surface area contributed by atoms with Crippen molar-refractivity contribution < 1.29 is 9.90 Å². The largest absolute Gasteiger partial charge is 0.384 e. The summed E-state index contributed by atoms with van der Waals surface area (Å²) in [4.78, 5) is 11.9. The van der Waals surface area contributed by atoms with Crippen molar-refractivity contribution in [1.82, 2.24) is 0 Å². The van der Waals surface area contributed by atoms with E-state index >= 15 is 0 Å². The summed E-state index contributed by atoms with van der Waals surface area (Å²) in [5.41, 5.74) is 3.19. The van der Waals surface area contributed by atoms with E-state index in [0.29, 0.717) is 5.69 Å². The second-order valence-corrected chi connectivity index (χ2v) is 4.49. The highest BCUT2D eigenvalue weighted by atomic mass is 16.2. The lowest BCUT2D eigenvalue weighted by molar-refractivity contribution is 0.262. The van der Waals surface area contributed by atoms with Crippen molar-refractivity contribution in [1.29, 1.82) is 0 Å². The van der Waals surface area contributed by atoms with E-state index in [1.54, 1.807) is 18.2 Å². The number of amides is 2. The van der Waals surface area contributed by atoms with Crippen molar-refractivity contribution in [2.45, 2.75) is 6.92 Å². The quantitative estimate of drug-likeness (QED) is 0.741. The molecule has 2 rings (SSSR count). The Bertz CT molecular complexity index is 699. The van der Waals surface area contributed by atoms with Crippen LogP contribution in [0.3, 0.4) is 0 Å². The van der Waals surface area contributed by atoms with Crippen molar-refractivity contribution in [2.75, 3.05) is 17.2 Å². The highest BCUT2D eigenvalue weighted by Gasteiger charge is 2.03. The summed E-state index contributed by atoms with van der Waals surface area (Å²) >= 11 is 0. The average molecular weight is 280 g/mol. The molecule has 0 saturated carbocycles. The molecule has 0 aliphatic rings. The number of nitrogens with one attached hydrogen (secondary N) is 2. The van der Waals surface area contributed by atoms with Gasteiger partial charge in [-0.15, -0.1) is 0 Å². The van der Waals surface area contributed by atoms with E-state index in [9.17, 15) is 4.79 Å². The Morgan fingerprint density at radius 1 is 1.10 bits per heavy atom. The number of aliphatic hydroxyl groups excluding tert-OH is 1. The van der Waals surface area contributed by atoms with Crippen LogP contribution in [-0.2, 0) is 0 Å². The number of hydrogen-bond acceptors (Lipinski definition) is 2. The number of carbonyl (C=O) groups excluding carboxylic acids is 1. The first kappa shape index (κ1) is 14.6. The summed E-state index contributed by atoms with van der Waals surface area (Å²) in [6, 6.07) is 14.4. The summed E-state index contributed by atoms with van der Waals surface area (Å²) in [6.07, 6.45) is 0. The van der Waals surface area contributed by atoms with Crippen molar-refractivity contribution >= 4 is 17.4 Å². The first-order valence-electron chi connectivity index (χ1n) is 6.52. The van der Waals surface area contributed by atoms with Gasteiger partial charge in [-0.3, -0.25) is 0 Å². The molecule has 0 atom stereocenters. The lowest BCUT2D eigenvalue weighted by Crippen LogP contribution is -2.19. The Labute approximate surface area is 123 Å². The van der Waals surface area contributed by atoms with Gasteiger partial charge in [0.25, 0.3) is 0 Å². The molecule has 2 aromatic carbocycles. The van der Waals surface area contributed by atoms with Crippen LogP contribution in [0.2, 0.25) is 0 Å². The van der Waals surface area contributed by atoms with Crippen LogP contribution in [0, 0.1) is 18.8 Å². The van der Waals surface area contributed by atoms with E-state index in [0.717, 1.165) is 16.8 Å². The standard InChI is InChI=1S/C17H16N2O2/c1-13-5-2-8-15(11-13)18-17(21)19-16-9-3-6-14(12-16)7-4-10-20/h2-3,5-6,8-9,11-12,20H,10H2,1H3,(H2,18,19,21). The summed E-state index contributed by atoms with van der Waals surface area (Å²) in [6.45, 7) is 1.78. The van der Waals surface area contributed by atoms with Gasteiger partial charge in [0.1, 0.15) is 6.61 Å². The third-order valence-corrected chi connectivity index (χ3v) is 2.71. The summed E-state index contributed by atoms with van der Waals surface area (Å²) in [7, 11) is 0. The number of anilines is 2. The summed E-state index contributed by atoms with van der Waals surface area (Å²) in [5.74, 6) is 5.36. The van der Waals surface area contributed by atoms with Gasteiger partial charge in [-0.1, -0.05) is 30.0 Å². The van der Waals surface area contributed by atoms with E-state index in [2.05, 4.69) is 22.5 Å². The normalized spacial score (nSPS) is 9.43. The highest BCUT2D eigenvalue weighted by Crippen LogP contribution is 2.12. The molecule has 0 spiro atoms. The number of hydrogen-bond donors (Lipinski definition) is 3. The van der Waals surface area contributed by atoms with E-state index in [1.807, 2.05) is 37.3 Å². The Balaban J connectivity index is 2.02. The Morgan fingerprint density at radius 3 is 2.43 bits per heavy atom. The van der Waals surface area contributed by atoms with Gasteiger partial charge in [0.15, 0.2) is 0 Å². The maximum Gasteiger partial charge on any atom is 0.323 e. The molecule has 106 valence electrons. The third-order valence-electron chi connectivity index (χ3n) is 2.71. The maximum absolute atomic E-state index is 11.9. The maximum atomic E-state index is 11.9. The number of aryl methyl sites for hydroxylation is 1. The molecule has 0 unspecified atom stereocenters. The smallest absolute Gasteiger partial charge is 0.323 e. The van der Waals surface area contributed by atoms with E-state index < -0.39 is 0 Å². The van der Waals surface area contributed by atoms with Crippen molar-refractivity contribution in [2.24, 2.45) is 0 Å². The number of aliphatic hydroxyl groups is 1. The van der Waals surface area contributed by atoms with Gasteiger partial charge >= 0.3 is 6.03 Å². The van der Waals surface area contributed by atoms with Crippen LogP contribution in [-0.4, -0.2) is 17.7 Å². The molecule has 21 heavy (non-hydrogen) atoms. The lowest BCUT2D eigenvalue weighted by Gasteiger charge is -2.08. The molecule has 3 N–H and O–H groups in total. The number of urea groups is 1. The zero-order valence-electron chi connectivity index (χ0n) is 11.7. The van der Waals surface area contributed by atoms with Crippen molar-refractivity contribution in [3.8, 4) is 11.8 Å². The van der Waals surface area contributed by atoms with Crippen molar-refractivity contribution in [3.63, 3.8) is 0 Å². The molecule has 4 heteroatoms. The fraction of sp³-hybridized carbons (Fsp3) is 0.118.